The third kappa shape index (κ3) is 4.48. The van der Waals surface area contributed by atoms with E-state index in [-0.39, 0.29) is 5.91 Å². The number of hydrogen-bond acceptors (Lipinski definition) is 3. The molecule has 0 radical (unpaired) electrons. The Morgan fingerprint density at radius 1 is 1.14 bits per heavy atom. The van der Waals surface area contributed by atoms with E-state index in [4.69, 9.17) is 9.47 Å². The van der Waals surface area contributed by atoms with Crippen molar-refractivity contribution in [2.45, 2.75) is 13.0 Å². The second-order valence-electron chi connectivity index (χ2n) is 4.55. The first-order valence-corrected chi connectivity index (χ1v) is 8.15. The first kappa shape index (κ1) is 16.8. The fourth-order valence-corrected chi connectivity index (χ4v) is 2.87. The van der Waals surface area contributed by atoms with Crippen LogP contribution in [0, 0.1) is 0 Å². The highest BCUT2D eigenvalue weighted by molar-refractivity contribution is 9.11. The van der Waals surface area contributed by atoms with Crippen molar-refractivity contribution in [1.29, 1.82) is 0 Å². The molecule has 0 aromatic heterocycles. The van der Waals surface area contributed by atoms with Gasteiger partial charge in [-0.1, -0.05) is 15.9 Å². The summed E-state index contributed by atoms with van der Waals surface area (Å²) in [6.07, 6.45) is -0.625. The van der Waals surface area contributed by atoms with Crippen molar-refractivity contribution in [1.82, 2.24) is 0 Å². The number of rotatable bonds is 5. The second-order valence-corrected chi connectivity index (χ2v) is 6.32. The van der Waals surface area contributed by atoms with Gasteiger partial charge >= 0.3 is 0 Å². The number of methoxy groups -OCH3 is 1. The highest BCUT2D eigenvalue weighted by Crippen LogP contribution is 2.29. The molecule has 0 heterocycles. The van der Waals surface area contributed by atoms with E-state index >= 15 is 0 Å². The summed E-state index contributed by atoms with van der Waals surface area (Å²) in [4.78, 5) is 12.2. The van der Waals surface area contributed by atoms with Crippen LogP contribution in [-0.2, 0) is 4.79 Å². The quantitative estimate of drug-likeness (QED) is 0.755. The lowest BCUT2D eigenvalue weighted by Gasteiger charge is -2.16. The molecule has 0 spiro atoms. The monoisotopic (exact) mass is 427 g/mol. The van der Waals surface area contributed by atoms with Gasteiger partial charge < -0.3 is 14.8 Å². The Kier molecular flexibility index (Phi) is 5.85. The fraction of sp³-hybridized carbons (Fsp3) is 0.188. The lowest BCUT2D eigenvalue weighted by atomic mass is 10.2. The van der Waals surface area contributed by atoms with Crippen molar-refractivity contribution in [3.8, 4) is 11.5 Å². The molecule has 2 rings (SSSR count). The van der Waals surface area contributed by atoms with E-state index in [1.54, 1.807) is 44.4 Å². The summed E-state index contributed by atoms with van der Waals surface area (Å²) < 4.78 is 12.5. The molecule has 22 heavy (non-hydrogen) atoms. The van der Waals surface area contributed by atoms with E-state index in [1.165, 1.54) is 0 Å². The molecule has 0 unspecified atom stereocenters. The molecule has 116 valence electrons. The first-order chi connectivity index (χ1) is 10.5. The lowest BCUT2D eigenvalue weighted by molar-refractivity contribution is -0.122. The normalized spacial score (nSPS) is 11.6. The topological polar surface area (TPSA) is 47.6 Å². The molecule has 1 N–H and O–H groups in total. The highest BCUT2D eigenvalue weighted by atomic mass is 79.9. The van der Waals surface area contributed by atoms with Crippen LogP contribution >= 0.6 is 31.9 Å². The van der Waals surface area contributed by atoms with Crippen LogP contribution in [0.2, 0.25) is 0 Å². The molecule has 1 atom stereocenters. The van der Waals surface area contributed by atoms with Crippen LogP contribution in [0.4, 0.5) is 5.69 Å². The molecule has 0 bridgehead atoms. The zero-order valence-corrected chi connectivity index (χ0v) is 15.3. The summed E-state index contributed by atoms with van der Waals surface area (Å²) in [6.45, 7) is 1.70. The largest absolute Gasteiger partial charge is 0.497 e. The Labute approximate surface area is 146 Å². The van der Waals surface area contributed by atoms with E-state index in [0.717, 1.165) is 14.7 Å². The minimum absolute atomic E-state index is 0.222. The minimum Gasteiger partial charge on any atom is -0.497 e. The molecule has 4 nitrogen and oxygen atoms in total. The van der Waals surface area contributed by atoms with Crippen LogP contribution in [0.15, 0.2) is 51.4 Å². The third-order valence-electron chi connectivity index (χ3n) is 2.92. The molecule has 1 amide bonds. The summed E-state index contributed by atoms with van der Waals surface area (Å²) in [5.74, 6) is 1.13. The maximum Gasteiger partial charge on any atom is 0.265 e. The third-order valence-corrected chi connectivity index (χ3v) is 4.04. The zero-order chi connectivity index (χ0) is 16.1. The molecule has 0 aliphatic heterocycles. The number of nitrogens with one attached hydrogen (secondary N) is 1. The van der Waals surface area contributed by atoms with E-state index in [2.05, 4.69) is 37.2 Å². The summed E-state index contributed by atoms with van der Waals surface area (Å²) in [6, 6.07) is 12.6. The van der Waals surface area contributed by atoms with Crippen LogP contribution in [0.3, 0.4) is 0 Å². The van der Waals surface area contributed by atoms with Crippen molar-refractivity contribution in [2.75, 3.05) is 12.4 Å². The van der Waals surface area contributed by atoms with Gasteiger partial charge in [0.1, 0.15) is 11.5 Å². The number of carbonyl (C=O) groups excluding carboxylic acids is 1. The van der Waals surface area contributed by atoms with Crippen LogP contribution in [-0.4, -0.2) is 19.1 Å². The number of anilines is 1. The molecule has 0 saturated carbocycles. The number of carbonyl (C=O) groups is 1. The van der Waals surface area contributed by atoms with Crippen LogP contribution < -0.4 is 14.8 Å². The van der Waals surface area contributed by atoms with Gasteiger partial charge in [-0.3, -0.25) is 4.79 Å². The van der Waals surface area contributed by atoms with Gasteiger partial charge in [-0.15, -0.1) is 0 Å². The van der Waals surface area contributed by atoms with Crippen molar-refractivity contribution < 1.29 is 14.3 Å². The average molecular weight is 429 g/mol. The smallest absolute Gasteiger partial charge is 0.265 e. The maximum absolute atomic E-state index is 12.2. The zero-order valence-electron chi connectivity index (χ0n) is 12.1. The van der Waals surface area contributed by atoms with Gasteiger partial charge in [0.15, 0.2) is 6.10 Å². The number of hydrogen-bond donors (Lipinski definition) is 1. The predicted octanol–water partition coefficient (Wildman–Crippen LogP) is 4.63. The summed E-state index contributed by atoms with van der Waals surface area (Å²) in [5, 5.41) is 2.80. The second kappa shape index (κ2) is 7.65. The summed E-state index contributed by atoms with van der Waals surface area (Å²) >= 11 is 6.78. The molecule has 2 aromatic rings. The fourth-order valence-electron chi connectivity index (χ4n) is 1.73. The van der Waals surface area contributed by atoms with Crippen LogP contribution in [0.1, 0.15) is 6.92 Å². The van der Waals surface area contributed by atoms with Crippen molar-refractivity contribution >= 4 is 43.5 Å². The standard InChI is InChI=1S/C16H15Br2NO3/c1-10(22-15-8-3-11(17)9-14(15)18)16(20)19-12-4-6-13(21-2)7-5-12/h3-10H,1-2H3,(H,19,20)/t10-/m1/s1. The molecule has 0 saturated heterocycles. The van der Waals surface area contributed by atoms with Crippen molar-refractivity contribution in [3.05, 3.63) is 51.4 Å². The average Bonchev–Trinajstić information content (AvgIpc) is 2.50. The first-order valence-electron chi connectivity index (χ1n) is 6.56. The maximum atomic E-state index is 12.2. The van der Waals surface area contributed by atoms with Crippen molar-refractivity contribution in [2.24, 2.45) is 0 Å². The van der Waals surface area contributed by atoms with Gasteiger partial charge in [-0.25, -0.2) is 0 Å². The minimum atomic E-state index is -0.625. The molecule has 6 heteroatoms. The molecule has 0 fully saturated rings. The molecular formula is C16H15Br2NO3. The Morgan fingerprint density at radius 3 is 2.41 bits per heavy atom. The van der Waals surface area contributed by atoms with E-state index < -0.39 is 6.10 Å². The predicted molar refractivity (Wildman–Crippen MR) is 93.6 cm³/mol. The number of halogens is 2. The molecule has 0 aliphatic rings. The van der Waals surface area contributed by atoms with Crippen LogP contribution in [0.25, 0.3) is 0 Å². The molecular weight excluding hydrogens is 414 g/mol. The van der Waals surface area contributed by atoms with Gasteiger partial charge in [0.2, 0.25) is 0 Å². The van der Waals surface area contributed by atoms with E-state index in [1.807, 2.05) is 12.1 Å². The number of benzene rings is 2. The van der Waals surface area contributed by atoms with E-state index in [0.29, 0.717) is 11.4 Å². The SMILES string of the molecule is COc1ccc(NC(=O)[C@@H](C)Oc2ccc(Br)cc2Br)cc1. The van der Waals surface area contributed by atoms with Gasteiger partial charge in [-0.2, -0.15) is 0 Å². The van der Waals surface area contributed by atoms with Gasteiger partial charge in [0, 0.05) is 10.2 Å². The van der Waals surface area contributed by atoms with Crippen molar-refractivity contribution in [3.63, 3.8) is 0 Å². The Bertz CT molecular complexity index is 659. The number of ether oxygens (including phenoxy) is 2. The van der Waals surface area contributed by atoms with Crippen LogP contribution in [0.5, 0.6) is 11.5 Å². The Balaban J connectivity index is 1.99. The molecule has 0 aliphatic carbocycles. The summed E-state index contributed by atoms with van der Waals surface area (Å²) in [7, 11) is 1.60. The highest BCUT2D eigenvalue weighted by Gasteiger charge is 2.16. The van der Waals surface area contributed by atoms with Gasteiger partial charge in [0.05, 0.1) is 11.6 Å². The van der Waals surface area contributed by atoms with Gasteiger partial charge in [-0.05, 0) is 65.3 Å². The Morgan fingerprint density at radius 2 is 1.82 bits per heavy atom. The lowest BCUT2D eigenvalue weighted by Crippen LogP contribution is -2.30. The number of amides is 1. The summed E-state index contributed by atoms with van der Waals surface area (Å²) in [5.41, 5.74) is 0.691. The van der Waals surface area contributed by atoms with Gasteiger partial charge in [0.25, 0.3) is 5.91 Å². The van der Waals surface area contributed by atoms with E-state index in [9.17, 15) is 4.79 Å². The molecule has 2 aromatic carbocycles. The Hall–Kier alpha value is -1.53.